The van der Waals surface area contributed by atoms with Crippen LogP contribution < -0.4 is 0 Å². The average molecular weight is 741 g/mol. The number of carbonyl (C=O) groups is 4. The number of carbonyl (C=O) groups excluding carboxylic acids is 4. The van der Waals surface area contributed by atoms with E-state index >= 15 is 0 Å². The van der Waals surface area contributed by atoms with E-state index in [1.54, 1.807) is 83.1 Å². The predicted molar refractivity (Wildman–Crippen MR) is 212 cm³/mol. The highest BCUT2D eigenvalue weighted by atomic mass is 16.6. The molecule has 0 aliphatic heterocycles. The number of ether oxygens (including phenoxy) is 4. The van der Waals surface area contributed by atoms with Crippen molar-refractivity contribution in [1.82, 2.24) is 9.80 Å². The molecule has 4 amide bonds. The molecule has 0 saturated carbocycles. The third-order valence-corrected chi connectivity index (χ3v) is 7.73. The van der Waals surface area contributed by atoms with Crippen LogP contribution in [0, 0.1) is 34.6 Å². The Bertz CT molecular complexity index is 1530. The second-order valence-electron chi connectivity index (χ2n) is 18.1. The van der Waals surface area contributed by atoms with Gasteiger partial charge in [0, 0.05) is 12.1 Å². The maximum atomic E-state index is 12.7. The summed E-state index contributed by atoms with van der Waals surface area (Å²) >= 11 is 0. The minimum absolute atomic E-state index is 0.403. The van der Waals surface area contributed by atoms with Crippen LogP contribution in [0.25, 0.3) is 0 Å². The first kappa shape index (κ1) is 46.9. The normalized spacial score (nSPS) is 13.1. The third-order valence-electron chi connectivity index (χ3n) is 7.73. The van der Waals surface area contributed by atoms with Crippen LogP contribution in [0.15, 0.2) is 30.3 Å². The molecule has 0 N–H and O–H groups in total. The molecule has 0 saturated heterocycles. The lowest BCUT2D eigenvalue weighted by Gasteiger charge is -2.32. The average Bonchev–Trinajstić information content (AvgIpc) is 2.90. The molecule has 2 aromatic rings. The first-order valence-electron chi connectivity index (χ1n) is 18.4. The van der Waals surface area contributed by atoms with Crippen LogP contribution in [-0.2, 0) is 31.8 Å². The zero-order chi connectivity index (χ0) is 41.4. The fourth-order valence-corrected chi connectivity index (χ4v) is 5.19. The van der Waals surface area contributed by atoms with Crippen LogP contribution in [0.3, 0.4) is 0 Å². The SMILES string of the molecule is Cc1cc(C)c(CC(C)N(C(=O)OC(C)(C)C)C(=O)OC(C)(C)C)cc1C.Cc1ccc(C)c(CC(C)N(C(=O)OC(C)(C)C)C(=O)OC(C)(C)C)c1. The van der Waals surface area contributed by atoms with Crippen LogP contribution in [-0.4, -0.2) is 68.7 Å². The highest BCUT2D eigenvalue weighted by Gasteiger charge is 2.36. The number of nitrogens with zero attached hydrogens (tertiary/aromatic N) is 2. The fourth-order valence-electron chi connectivity index (χ4n) is 5.19. The molecule has 2 aromatic carbocycles. The Morgan fingerprint density at radius 1 is 0.472 bits per heavy atom. The van der Waals surface area contributed by atoms with Crippen LogP contribution in [0.1, 0.15) is 136 Å². The molecule has 2 rings (SSSR count). The van der Waals surface area contributed by atoms with Gasteiger partial charge in [-0.2, -0.15) is 0 Å². The van der Waals surface area contributed by atoms with E-state index in [0.717, 1.165) is 37.6 Å². The van der Waals surface area contributed by atoms with Crippen LogP contribution in [0.5, 0.6) is 0 Å². The molecule has 2 atom stereocenters. The molecular weight excluding hydrogens is 672 g/mol. The summed E-state index contributed by atoms with van der Waals surface area (Å²) in [6, 6.07) is 9.60. The topological polar surface area (TPSA) is 112 Å². The molecule has 0 heterocycles. The summed E-state index contributed by atoms with van der Waals surface area (Å²) < 4.78 is 21.8. The van der Waals surface area contributed by atoms with Crippen LogP contribution in [0.2, 0.25) is 0 Å². The summed E-state index contributed by atoms with van der Waals surface area (Å²) in [5.41, 5.74) is 5.20. The van der Waals surface area contributed by atoms with Gasteiger partial charge in [0.05, 0.1) is 0 Å². The number of aryl methyl sites for hydroxylation is 5. The van der Waals surface area contributed by atoms with E-state index in [9.17, 15) is 19.2 Å². The van der Waals surface area contributed by atoms with Gasteiger partial charge in [0.2, 0.25) is 0 Å². The fraction of sp³-hybridized carbons (Fsp3) is 0.628. The zero-order valence-electron chi connectivity index (χ0n) is 36.1. The van der Waals surface area contributed by atoms with Gasteiger partial charge in [0.15, 0.2) is 0 Å². The van der Waals surface area contributed by atoms with Crippen LogP contribution >= 0.6 is 0 Å². The van der Waals surface area contributed by atoms with E-state index < -0.39 is 58.9 Å². The number of rotatable bonds is 6. The molecule has 53 heavy (non-hydrogen) atoms. The third kappa shape index (κ3) is 17.1. The highest BCUT2D eigenvalue weighted by Crippen LogP contribution is 2.23. The lowest BCUT2D eigenvalue weighted by atomic mass is 9.96. The molecule has 0 aromatic heterocycles. The van der Waals surface area contributed by atoms with Crippen molar-refractivity contribution in [1.29, 1.82) is 0 Å². The van der Waals surface area contributed by atoms with E-state index in [-0.39, 0.29) is 0 Å². The molecule has 0 aliphatic rings. The van der Waals surface area contributed by atoms with Gasteiger partial charge in [-0.25, -0.2) is 29.0 Å². The lowest BCUT2D eigenvalue weighted by molar-refractivity contribution is -0.00798. The smallest absolute Gasteiger partial charge is 0.420 e. The van der Waals surface area contributed by atoms with Gasteiger partial charge in [-0.1, -0.05) is 35.9 Å². The van der Waals surface area contributed by atoms with Crippen molar-refractivity contribution in [2.45, 2.75) is 179 Å². The van der Waals surface area contributed by atoms with E-state index in [1.807, 2.05) is 46.8 Å². The van der Waals surface area contributed by atoms with Crippen molar-refractivity contribution in [3.63, 3.8) is 0 Å². The summed E-state index contributed by atoms with van der Waals surface area (Å²) in [7, 11) is 0. The Balaban J connectivity index is 0.000000530. The Kier molecular flexibility index (Phi) is 16.2. The Hall–Kier alpha value is -4.08. The van der Waals surface area contributed by atoms with Gasteiger partial charge in [-0.3, -0.25) is 0 Å². The molecule has 0 fully saturated rings. The van der Waals surface area contributed by atoms with Gasteiger partial charge in [-0.05, 0) is 178 Å². The summed E-state index contributed by atoms with van der Waals surface area (Å²) in [4.78, 5) is 53.0. The standard InChI is InChI=1S/C22H35NO4.C21H33NO4/c1-14-11-16(3)18(12-15(14)2)13-17(4)23(19(24)26-21(5,6)7)20(25)27-22(8,9)10;1-14-10-11-15(2)17(12-14)13-16(3)22(18(23)25-20(4,5)6)19(24)26-21(7,8)9/h11-12,17H,13H2,1-10H3;10-12,16H,13H2,1-9H3. The Labute approximate surface area is 319 Å². The van der Waals surface area contributed by atoms with Crippen molar-refractivity contribution in [2.75, 3.05) is 0 Å². The summed E-state index contributed by atoms with van der Waals surface area (Å²) in [5.74, 6) is 0. The minimum Gasteiger partial charge on any atom is -0.443 e. The molecule has 10 heteroatoms. The maximum Gasteiger partial charge on any atom is 0.420 e. The first-order valence-corrected chi connectivity index (χ1v) is 18.4. The first-order chi connectivity index (χ1) is 23.8. The van der Waals surface area contributed by atoms with Crippen molar-refractivity contribution in [3.05, 3.63) is 69.3 Å². The number of benzene rings is 2. The minimum atomic E-state index is -0.701. The number of hydrogen-bond acceptors (Lipinski definition) is 8. The van der Waals surface area contributed by atoms with Crippen molar-refractivity contribution < 1.29 is 38.1 Å². The van der Waals surface area contributed by atoms with E-state index in [1.165, 1.54) is 11.1 Å². The van der Waals surface area contributed by atoms with Gasteiger partial charge in [0.1, 0.15) is 22.4 Å². The van der Waals surface area contributed by atoms with Crippen molar-refractivity contribution >= 4 is 24.4 Å². The van der Waals surface area contributed by atoms with Gasteiger partial charge in [0.25, 0.3) is 0 Å². The second kappa shape index (κ2) is 18.3. The van der Waals surface area contributed by atoms with Gasteiger partial charge in [-0.15, -0.1) is 0 Å². The zero-order valence-corrected chi connectivity index (χ0v) is 36.1. The Morgan fingerprint density at radius 3 is 1.09 bits per heavy atom. The molecule has 0 spiro atoms. The molecule has 10 nitrogen and oxygen atoms in total. The maximum absolute atomic E-state index is 12.7. The molecular formula is C43H68N2O8. The van der Waals surface area contributed by atoms with E-state index in [2.05, 4.69) is 32.0 Å². The summed E-state index contributed by atoms with van der Waals surface area (Å²) in [6.45, 7) is 35.2. The Morgan fingerprint density at radius 2 is 0.774 bits per heavy atom. The number of hydrogen-bond donors (Lipinski definition) is 0. The number of amides is 4. The molecule has 0 bridgehead atoms. The van der Waals surface area contributed by atoms with Crippen molar-refractivity contribution in [3.8, 4) is 0 Å². The summed E-state index contributed by atoms with van der Waals surface area (Å²) in [6.07, 6.45) is -1.69. The van der Waals surface area contributed by atoms with E-state index in [4.69, 9.17) is 18.9 Å². The molecule has 0 aliphatic carbocycles. The second-order valence-corrected chi connectivity index (χ2v) is 18.1. The summed E-state index contributed by atoms with van der Waals surface area (Å²) in [5, 5.41) is 0. The largest absolute Gasteiger partial charge is 0.443 e. The predicted octanol–water partition coefficient (Wildman–Crippen LogP) is 11.1. The molecule has 298 valence electrons. The van der Waals surface area contributed by atoms with Gasteiger partial charge >= 0.3 is 24.4 Å². The monoisotopic (exact) mass is 740 g/mol. The lowest BCUT2D eigenvalue weighted by Crippen LogP contribution is -2.48. The molecule has 2 unspecified atom stereocenters. The molecule has 0 radical (unpaired) electrons. The quantitative estimate of drug-likeness (QED) is 0.269. The van der Waals surface area contributed by atoms with Crippen LogP contribution in [0.4, 0.5) is 19.2 Å². The highest BCUT2D eigenvalue weighted by molar-refractivity contribution is 5.89. The van der Waals surface area contributed by atoms with Crippen molar-refractivity contribution in [2.24, 2.45) is 0 Å². The van der Waals surface area contributed by atoms with E-state index in [0.29, 0.717) is 12.8 Å². The number of imide groups is 2. The van der Waals surface area contributed by atoms with Gasteiger partial charge < -0.3 is 18.9 Å².